The van der Waals surface area contributed by atoms with Crippen molar-refractivity contribution in [2.75, 3.05) is 11.9 Å². The Hall–Kier alpha value is -1.60. The molecule has 4 heteroatoms. The molecular formula is C13H15N3O. The zero-order valence-electron chi connectivity index (χ0n) is 9.60. The molecule has 88 valence electrons. The first-order valence-corrected chi connectivity index (χ1v) is 6.11. The highest BCUT2D eigenvalue weighted by atomic mass is 16.5. The second-order valence-electron chi connectivity index (χ2n) is 4.76. The maximum absolute atomic E-state index is 8.68. The van der Waals surface area contributed by atoms with Gasteiger partial charge in [-0.25, -0.2) is 4.98 Å². The van der Waals surface area contributed by atoms with E-state index in [2.05, 4.69) is 10.3 Å². The van der Waals surface area contributed by atoms with Gasteiger partial charge in [-0.1, -0.05) is 0 Å². The van der Waals surface area contributed by atoms with Crippen LogP contribution in [0, 0.1) is 17.2 Å². The Bertz CT molecular complexity index is 433. The summed E-state index contributed by atoms with van der Waals surface area (Å²) in [7, 11) is 0. The lowest BCUT2D eigenvalue weighted by Crippen LogP contribution is -2.30. The van der Waals surface area contributed by atoms with Crippen LogP contribution in [0.15, 0.2) is 18.3 Å². The molecule has 2 fully saturated rings. The maximum atomic E-state index is 8.68. The Labute approximate surface area is 101 Å². The van der Waals surface area contributed by atoms with Crippen LogP contribution in [0.1, 0.15) is 25.0 Å². The summed E-state index contributed by atoms with van der Waals surface area (Å²) in [6.07, 6.45) is 5.75. The lowest BCUT2D eigenvalue weighted by molar-refractivity contribution is 0.0898. The third-order valence-corrected chi connectivity index (χ3v) is 3.45. The molecule has 1 N–H and O–H groups in total. The highest BCUT2D eigenvalue weighted by molar-refractivity contribution is 5.44. The molecule has 2 atom stereocenters. The summed E-state index contributed by atoms with van der Waals surface area (Å²) in [5.74, 6) is 0.751. The summed E-state index contributed by atoms with van der Waals surface area (Å²) >= 11 is 0. The van der Waals surface area contributed by atoms with Gasteiger partial charge in [0.25, 0.3) is 0 Å². The molecule has 0 spiro atoms. The van der Waals surface area contributed by atoms with E-state index in [1.54, 1.807) is 12.3 Å². The summed E-state index contributed by atoms with van der Waals surface area (Å²) in [6, 6.07) is 6.07. The molecule has 2 aliphatic rings. The van der Waals surface area contributed by atoms with Gasteiger partial charge in [-0.3, -0.25) is 0 Å². The van der Waals surface area contributed by atoms with E-state index in [4.69, 9.17) is 10.00 Å². The Balaban J connectivity index is 1.67. The smallest absolute Gasteiger partial charge is 0.140 e. The van der Waals surface area contributed by atoms with E-state index in [1.165, 1.54) is 12.8 Å². The molecule has 4 nitrogen and oxygen atoms in total. The molecule has 3 rings (SSSR count). The summed E-state index contributed by atoms with van der Waals surface area (Å²) in [5.41, 5.74) is 1.43. The largest absolute Gasteiger partial charge is 0.378 e. The van der Waals surface area contributed by atoms with Gasteiger partial charge < -0.3 is 10.1 Å². The van der Waals surface area contributed by atoms with Crippen LogP contribution in [0.2, 0.25) is 0 Å². The second kappa shape index (κ2) is 4.34. The predicted octanol–water partition coefficient (Wildman–Crippen LogP) is 1.93. The SMILES string of the molecule is N#Cc1ccc(NC2CCOC2C2CC2)cn1. The average molecular weight is 229 g/mol. The normalized spacial score (nSPS) is 27.7. The van der Waals surface area contributed by atoms with Gasteiger partial charge in [-0.15, -0.1) is 0 Å². The number of nitrogens with one attached hydrogen (secondary N) is 1. The van der Waals surface area contributed by atoms with Crippen molar-refractivity contribution in [1.82, 2.24) is 4.98 Å². The summed E-state index contributed by atoms with van der Waals surface area (Å²) in [6.45, 7) is 0.850. The van der Waals surface area contributed by atoms with Crippen molar-refractivity contribution in [3.05, 3.63) is 24.0 Å². The lowest BCUT2D eigenvalue weighted by Gasteiger charge is -2.20. The Morgan fingerprint density at radius 3 is 2.88 bits per heavy atom. The second-order valence-corrected chi connectivity index (χ2v) is 4.76. The van der Waals surface area contributed by atoms with Gasteiger partial charge in [0.1, 0.15) is 11.8 Å². The minimum absolute atomic E-state index is 0.366. The number of hydrogen-bond donors (Lipinski definition) is 1. The molecule has 1 aliphatic carbocycles. The van der Waals surface area contributed by atoms with E-state index in [-0.39, 0.29) is 0 Å². The van der Waals surface area contributed by atoms with E-state index < -0.39 is 0 Å². The van der Waals surface area contributed by atoms with Crippen LogP contribution < -0.4 is 5.32 Å². The quantitative estimate of drug-likeness (QED) is 0.860. The topological polar surface area (TPSA) is 57.9 Å². The molecule has 1 aliphatic heterocycles. The van der Waals surface area contributed by atoms with E-state index >= 15 is 0 Å². The molecule has 0 amide bonds. The number of nitrogens with zero attached hydrogens (tertiary/aromatic N) is 2. The Kier molecular flexibility index (Phi) is 2.69. The highest BCUT2D eigenvalue weighted by Crippen LogP contribution is 2.39. The van der Waals surface area contributed by atoms with Crippen molar-refractivity contribution in [2.45, 2.75) is 31.4 Å². The maximum Gasteiger partial charge on any atom is 0.140 e. The first kappa shape index (κ1) is 10.5. The van der Waals surface area contributed by atoms with E-state index in [1.807, 2.05) is 12.1 Å². The van der Waals surface area contributed by atoms with Crippen molar-refractivity contribution in [3.8, 4) is 6.07 Å². The van der Waals surface area contributed by atoms with Crippen molar-refractivity contribution in [3.63, 3.8) is 0 Å². The minimum Gasteiger partial charge on any atom is -0.378 e. The minimum atomic E-state index is 0.366. The fourth-order valence-electron chi connectivity index (χ4n) is 2.41. The summed E-state index contributed by atoms with van der Waals surface area (Å²) in [5, 5.41) is 12.1. The first-order chi connectivity index (χ1) is 8.36. The first-order valence-electron chi connectivity index (χ1n) is 6.11. The van der Waals surface area contributed by atoms with Gasteiger partial charge in [0, 0.05) is 6.61 Å². The van der Waals surface area contributed by atoms with Crippen LogP contribution in [0.3, 0.4) is 0 Å². The van der Waals surface area contributed by atoms with Crippen LogP contribution in [-0.4, -0.2) is 23.7 Å². The van der Waals surface area contributed by atoms with Gasteiger partial charge in [0.15, 0.2) is 0 Å². The van der Waals surface area contributed by atoms with Crippen molar-refractivity contribution in [1.29, 1.82) is 5.26 Å². The number of pyridine rings is 1. The average Bonchev–Trinajstić information content (AvgIpc) is 3.11. The molecule has 17 heavy (non-hydrogen) atoms. The molecule has 0 radical (unpaired) electrons. The monoisotopic (exact) mass is 229 g/mol. The zero-order valence-corrected chi connectivity index (χ0v) is 9.60. The van der Waals surface area contributed by atoms with E-state index in [9.17, 15) is 0 Å². The molecule has 0 bridgehead atoms. The number of nitriles is 1. The van der Waals surface area contributed by atoms with Crippen molar-refractivity contribution in [2.24, 2.45) is 5.92 Å². The van der Waals surface area contributed by atoms with Gasteiger partial charge in [0.05, 0.1) is 24.0 Å². The van der Waals surface area contributed by atoms with Gasteiger partial charge >= 0.3 is 0 Å². The third kappa shape index (κ3) is 2.25. The van der Waals surface area contributed by atoms with E-state index in [0.717, 1.165) is 24.6 Å². The summed E-state index contributed by atoms with van der Waals surface area (Å²) < 4.78 is 5.77. The lowest BCUT2D eigenvalue weighted by atomic mass is 10.1. The molecule has 2 heterocycles. The summed E-state index contributed by atoms with van der Waals surface area (Å²) in [4.78, 5) is 4.06. The molecule has 1 aromatic heterocycles. The number of anilines is 1. The van der Waals surface area contributed by atoms with Gasteiger partial charge in [0.2, 0.25) is 0 Å². The van der Waals surface area contributed by atoms with Crippen LogP contribution in [0.4, 0.5) is 5.69 Å². The predicted molar refractivity (Wildman–Crippen MR) is 63.4 cm³/mol. The van der Waals surface area contributed by atoms with Crippen LogP contribution >= 0.6 is 0 Å². The van der Waals surface area contributed by atoms with Gasteiger partial charge in [-0.2, -0.15) is 5.26 Å². The molecule has 0 aromatic carbocycles. The fourth-order valence-corrected chi connectivity index (χ4v) is 2.41. The van der Waals surface area contributed by atoms with Crippen LogP contribution in [-0.2, 0) is 4.74 Å². The van der Waals surface area contributed by atoms with E-state index in [0.29, 0.717) is 17.8 Å². The van der Waals surface area contributed by atoms with Gasteiger partial charge in [-0.05, 0) is 37.3 Å². The van der Waals surface area contributed by atoms with Crippen LogP contribution in [0.25, 0.3) is 0 Å². The number of aromatic nitrogens is 1. The van der Waals surface area contributed by atoms with Crippen molar-refractivity contribution >= 4 is 5.69 Å². The van der Waals surface area contributed by atoms with Crippen molar-refractivity contribution < 1.29 is 4.74 Å². The third-order valence-electron chi connectivity index (χ3n) is 3.45. The molecule has 1 saturated carbocycles. The molecule has 1 saturated heterocycles. The standard InChI is InChI=1S/C13H15N3O/c14-7-10-3-4-11(8-15-10)16-12-5-6-17-13(12)9-1-2-9/h3-4,8-9,12-13,16H,1-2,5-6H2. The Morgan fingerprint density at radius 1 is 1.35 bits per heavy atom. The molecular weight excluding hydrogens is 214 g/mol. The number of rotatable bonds is 3. The zero-order chi connectivity index (χ0) is 11.7. The highest BCUT2D eigenvalue weighted by Gasteiger charge is 2.40. The Morgan fingerprint density at radius 2 is 2.24 bits per heavy atom. The number of ether oxygens (including phenoxy) is 1. The molecule has 1 aromatic rings. The van der Waals surface area contributed by atoms with Crippen LogP contribution in [0.5, 0.6) is 0 Å². The fraction of sp³-hybridized carbons (Fsp3) is 0.538. The molecule has 2 unspecified atom stereocenters. The number of hydrogen-bond acceptors (Lipinski definition) is 4.